The predicted molar refractivity (Wildman–Crippen MR) is 94.1 cm³/mol. The number of carbonyl (C=O) groups excluding carboxylic acids is 1. The first kappa shape index (κ1) is 20.2. The average molecular weight is 402 g/mol. The smallest absolute Gasteiger partial charge is 0.307 e. The number of rotatable bonds is 9. The van der Waals surface area contributed by atoms with Crippen molar-refractivity contribution < 1.29 is 27.1 Å². The lowest BCUT2D eigenvalue weighted by Gasteiger charge is -2.08. The predicted octanol–water partition coefficient (Wildman–Crippen LogP) is 2.77. The molecule has 26 heavy (non-hydrogen) atoms. The van der Waals surface area contributed by atoms with Crippen LogP contribution in [0.25, 0.3) is 0 Å². The van der Waals surface area contributed by atoms with Gasteiger partial charge in [-0.25, -0.2) is 17.5 Å². The Morgan fingerprint density at radius 3 is 2.54 bits per heavy atom. The molecule has 6 nitrogen and oxygen atoms in total. The minimum Gasteiger partial charge on any atom is -0.490 e. The summed E-state index contributed by atoms with van der Waals surface area (Å²) in [5.74, 6) is -0.484. The number of ether oxygens (including phenoxy) is 2. The molecule has 0 radical (unpaired) electrons. The molecule has 0 atom stereocenters. The van der Waals surface area contributed by atoms with Crippen LogP contribution in [0.5, 0.6) is 5.75 Å². The molecule has 0 aliphatic heterocycles. The third kappa shape index (κ3) is 6.62. The van der Waals surface area contributed by atoms with Crippen LogP contribution in [0.15, 0.2) is 53.4 Å². The molecule has 0 amide bonds. The Kier molecular flexibility index (Phi) is 7.38. The van der Waals surface area contributed by atoms with Crippen LogP contribution < -0.4 is 9.46 Å². The van der Waals surface area contributed by atoms with Gasteiger partial charge in [-0.15, -0.1) is 0 Å². The van der Waals surface area contributed by atoms with Crippen LogP contribution in [-0.2, 0) is 19.6 Å². The van der Waals surface area contributed by atoms with Gasteiger partial charge in [-0.1, -0.05) is 17.7 Å². The maximum absolute atomic E-state index is 12.7. The Morgan fingerprint density at radius 2 is 1.85 bits per heavy atom. The van der Waals surface area contributed by atoms with Crippen molar-refractivity contribution in [1.82, 2.24) is 4.72 Å². The van der Waals surface area contributed by atoms with E-state index >= 15 is 0 Å². The zero-order valence-corrected chi connectivity index (χ0v) is 15.2. The molecule has 0 spiro atoms. The standard InChI is InChI=1S/C17H17ClFNO5S/c18-13-2-1-3-16(12-13)26(22,23)20-9-8-17(21)25-11-10-24-15-6-4-14(19)5-7-15/h1-7,12,20H,8-11H2. The van der Waals surface area contributed by atoms with E-state index in [0.29, 0.717) is 10.8 Å². The Labute approximate surface area is 155 Å². The zero-order chi connectivity index (χ0) is 19.0. The Morgan fingerprint density at radius 1 is 1.12 bits per heavy atom. The fourth-order valence-electron chi connectivity index (χ4n) is 1.92. The monoisotopic (exact) mass is 401 g/mol. The van der Waals surface area contributed by atoms with Crippen LogP contribution in [0.1, 0.15) is 6.42 Å². The van der Waals surface area contributed by atoms with Gasteiger partial charge in [0.2, 0.25) is 10.0 Å². The highest BCUT2D eigenvalue weighted by molar-refractivity contribution is 7.89. The lowest BCUT2D eigenvalue weighted by Crippen LogP contribution is -2.27. The lowest BCUT2D eigenvalue weighted by atomic mass is 10.3. The second-order valence-corrected chi connectivity index (χ2v) is 7.33. The van der Waals surface area contributed by atoms with E-state index in [1.807, 2.05) is 0 Å². The van der Waals surface area contributed by atoms with Crippen molar-refractivity contribution in [3.63, 3.8) is 0 Å². The molecule has 0 heterocycles. The number of halogens is 2. The number of hydrogen-bond acceptors (Lipinski definition) is 5. The first-order valence-corrected chi connectivity index (χ1v) is 9.52. The first-order chi connectivity index (χ1) is 12.4. The molecule has 0 bridgehead atoms. The number of nitrogens with one attached hydrogen (secondary N) is 1. The van der Waals surface area contributed by atoms with Crippen LogP contribution >= 0.6 is 11.6 Å². The molecular formula is C17H17ClFNO5S. The van der Waals surface area contributed by atoms with Gasteiger partial charge in [0.05, 0.1) is 11.3 Å². The molecule has 0 aromatic heterocycles. The molecule has 0 aliphatic rings. The van der Waals surface area contributed by atoms with Crippen molar-refractivity contribution in [2.75, 3.05) is 19.8 Å². The van der Waals surface area contributed by atoms with Crippen molar-refractivity contribution in [2.45, 2.75) is 11.3 Å². The van der Waals surface area contributed by atoms with E-state index in [9.17, 15) is 17.6 Å². The van der Waals surface area contributed by atoms with Crippen LogP contribution in [-0.4, -0.2) is 34.1 Å². The van der Waals surface area contributed by atoms with Crippen LogP contribution in [0.3, 0.4) is 0 Å². The molecule has 140 valence electrons. The van der Waals surface area contributed by atoms with E-state index in [1.54, 1.807) is 6.07 Å². The van der Waals surface area contributed by atoms with E-state index in [2.05, 4.69) is 4.72 Å². The molecule has 0 saturated carbocycles. The maximum Gasteiger partial charge on any atom is 0.307 e. The van der Waals surface area contributed by atoms with Gasteiger partial charge in [-0.3, -0.25) is 4.79 Å². The molecule has 2 aromatic rings. The molecule has 0 fully saturated rings. The summed E-state index contributed by atoms with van der Waals surface area (Å²) >= 11 is 5.76. The third-order valence-corrected chi connectivity index (χ3v) is 4.85. The van der Waals surface area contributed by atoms with Gasteiger partial charge >= 0.3 is 5.97 Å². The average Bonchev–Trinajstić information content (AvgIpc) is 2.60. The van der Waals surface area contributed by atoms with Gasteiger partial charge in [0, 0.05) is 11.6 Å². The van der Waals surface area contributed by atoms with Crippen molar-refractivity contribution in [3.8, 4) is 5.75 Å². The summed E-state index contributed by atoms with van der Waals surface area (Å²) in [6.45, 7) is -0.00460. The minimum atomic E-state index is -3.74. The van der Waals surface area contributed by atoms with Gasteiger partial charge in [0.25, 0.3) is 0 Å². The second kappa shape index (κ2) is 9.51. The van der Waals surface area contributed by atoms with Crippen LogP contribution in [0.2, 0.25) is 5.02 Å². The zero-order valence-electron chi connectivity index (χ0n) is 13.7. The Balaban J connectivity index is 1.66. The van der Waals surface area contributed by atoms with Crippen molar-refractivity contribution >= 4 is 27.6 Å². The van der Waals surface area contributed by atoms with E-state index in [4.69, 9.17) is 21.1 Å². The number of hydrogen-bond donors (Lipinski definition) is 1. The molecule has 0 unspecified atom stereocenters. The maximum atomic E-state index is 12.7. The number of carbonyl (C=O) groups is 1. The molecule has 2 aromatic carbocycles. The summed E-state index contributed by atoms with van der Waals surface area (Å²) in [6.07, 6.45) is -0.129. The van der Waals surface area contributed by atoms with Crippen molar-refractivity contribution in [2.24, 2.45) is 0 Å². The fraction of sp³-hybridized carbons (Fsp3) is 0.235. The largest absolute Gasteiger partial charge is 0.490 e. The highest BCUT2D eigenvalue weighted by Crippen LogP contribution is 2.15. The minimum absolute atomic E-state index is 0.00273. The van der Waals surface area contributed by atoms with E-state index < -0.39 is 16.0 Å². The summed E-state index contributed by atoms with van der Waals surface area (Å²) in [4.78, 5) is 11.6. The fourth-order valence-corrected chi connectivity index (χ4v) is 3.26. The summed E-state index contributed by atoms with van der Waals surface area (Å²) in [6, 6.07) is 11.2. The molecule has 9 heteroatoms. The van der Waals surface area contributed by atoms with Gasteiger partial charge in [0.15, 0.2) is 0 Å². The number of sulfonamides is 1. The lowest BCUT2D eigenvalue weighted by molar-refractivity contribution is -0.144. The summed E-state index contributed by atoms with van der Waals surface area (Å²) in [5, 5.41) is 0.299. The molecule has 1 N–H and O–H groups in total. The first-order valence-electron chi connectivity index (χ1n) is 7.66. The van der Waals surface area contributed by atoms with Crippen molar-refractivity contribution in [3.05, 3.63) is 59.4 Å². The van der Waals surface area contributed by atoms with E-state index in [-0.39, 0.29) is 36.9 Å². The van der Waals surface area contributed by atoms with Gasteiger partial charge in [-0.05, 0) is 42.5 Å². The normalized spacial score (nSPS) is 11.2. The van der Waals surface area contributed by atoms with Crippen LogP contribution in [0, 0.1) is 5.82 Å². The van der Waals surface area contributed by atoms with E-state index in [0.717, 1.165) is 0 Å². The molecule has 0 saturated heterocycles. The topological polar surface area (TPSA) is 81.7 Å². The van der Waals surface area contributed by atoms with Crippen molar-refractivity contribution in [1.29, 1.82) is 0 Å². The summed E-state index contributed by atoms with van der Waals surface area (Å²) in [7, 11) is -3.74. The third-order valence-electron chi connectivity index (χ3n) is 3.16. The molecular weight excluding hydrogens is 385 g/mol. The van der Waals surface area contributed by atoms with Gasteiger partial charge < -0.3 is 9.47 Å². The SMILES string of the molecule is O=C(CCNS(=O)(=O)c1cccc(Cl)c1)OCCOc1ccc(F)cc1. The van der Waals surface area contributed by atoms with Gasteiger partial charge in [-0.2, -0.15) is 0 Å². The highest BCUT2D eigenvalue weighted by Gasteiger charge is 2.14. The molecule has 2 rings (SSSR count). The Bertz CT molecular complexity index is 842. The highest BCUT2D eigenvalue weighted by atomic mass is 35.5. The molecule has 0 aliphatic carbocycles. The second-order valence-electron chi connectivity index (χ2n) is 5.13. The number of esters is 1. The Hall–Kier alpha value is -2.16. The summed E-state index contributed by atoms with van der Waals surface area (Å²) in [5.41, 5.74) is 0. The number of benzene rings is 2. The van der Waals surface area contributed by atoms with E-state index in [1.165, 1.54) is 42.5 Å². The van der Waals surface area contributed by atoms with Crippen LogP contribution in [0.4, 0.5) is 4.39 Å². The van der Waals surface area contributed by atoms with Gasteiger partial charge in [0.1, 0.15) is 24.8 Å². The summed E-state index contributed by atoms with van der Waals surface area (Å²) < 4.78 is 49.3. The quantitative estimate of drug-likeness (QED) is 0.516.